The van der Waals surface area contributed by atoms with Crippen LogP contribution in [0.15, 0.2) is 27.1 Å². The SMILES string of the molecule is O=C1CC(CBr)CN1c1nc2ccc(Br)cc2o1. The highest BCUT2D eigenvalue weighted by atomic mass is 79.9. The Hall–Kier alpha value is -0.880. The summed E-state index contributed by atoms with van der Waals surface area (Å²) < 4.78 is 6.58. The lowest BCUT2D eigenvalue weighted by Gasteiger charge is -2.10. The number of alkyl halides is 1. The molecule has 2 heterocycles. The molecule has 1 unspecified atom stereocenters. The number of carbonyl (C=O) groups is 1. The van der Waals surface area contributed by atoms with Gasteiger partial charge < -0.3 is 4.42 Å². The number of benzene rings is 1. The van der Waals surface area contributed by atoms with Gasteiger partial charge in [-0.1, -0.05) is 31.9 Å². The molecule has 0 saturated carbocycles. The Morgan fingerprint density at radius 2 is 2.33 bits per heavy atom. The standard InChI is InChI=1S/C12H10Br2N2O2/c13-5-7-3-11(17)16(6-7)12-15-9-2-1-8(14)4-10(9)18-12/h1-2,4,7H,3,5-6H2. The van der Waals surface area contributed by atoms with E-state index >= 15 is 0 Å². The molecule has 0 N–H and O–H groups in total. The van der Waals surface area contributed by atoms with E-state index in [1.165, 1.54) is 0 Å². The van der Waals surface area contributed by atoms with Crippen molar-refractivity contribution < 1.29 is 9.21 Å². The number of oxazole rings is 1. The van der Waals surface area contributed by atoms with Crippen LogP contribution in [0.3, 0.4) is 0 Å². The summed E-state index contributed by atoms with van der Waals surface area (Å²) in [7, 11) is 0. The fraction of sp³-hybridized carbons (Fsp3) is 0.333. The summed E-state index contributed by atoms with van der Waals surface area (Å²) in [6.45, 7) is 0.665. The number of nitrogens with zero attached hydrogens (tertiary/aromatic N) is 2. The van der Waals surface area contributed by atoms with E-state index in [0.29, 0.717) is 30.5 Å². The number of halogens is 2. The number of anilines is 1. The Balaban J connectivity index is 1.97. The zero-order valence-electron chi connectivity index (χ0n) is 9.40. The molecule has 1 aliphatic heterocycles. The normalized spacial score (nSPS) is 20.0. The molecule has 94 valence electrons. The number of hydrogen-bond donors (Lipinski definition) is 0. The lowest BCUT2D eigenvalue weighted by molar-refractivity contribution is -0.117. The van der Waals surface area contributed by atoms with Crippen molar-refractivity contribution in [2.75, 3.05) is 16.8 Å². The highest BCUT2D eigenvalue weighted by Gasteiger charge is 2.32. The molecule has 1 amide bonds. The van der Waals surface area contributed by atoms with Gasteiger partial charge in [0.1, 0.15) is 5.52 Å². The number of amides is 1. The van der Waals surface area contributed by atoms with Gasteiger partial charge in [-0.05, 0) is 24.1 Å². The van der Waals surface area contributed by atoms with Crippen LogP contribution in [-0.4, -0.2) is 22.8 Å². The third-order valence-corrected chi connectivity index (χ3v) is 4.40. The predicted molar refractivity (Wildman–Crippen MR) is 76.0 cm³/mol. The lowest BCUT2D eigenvalue weighted by Crippen LogP contribution is -2.24. The number of rotatable bonds is 2. The van der Waals surface area contributed by atoms with Crippen molar-refractivity contribution >= 4 is 54.9 Å². The van der Waals surface area contributed by atoms with Crippen molar-refractivity contribution in [2.45, 2.75) is 6.42 Å². The summed E-state index contributed by atoms with van der Waals surface area (Å²) in [6.07, 6.45) is 0.549. The molecule has 4 nitrogen and oxygen atoms in total. The summed E-state index contributed by atoms with van der Waals surface area (Å²) in [5.41, 5.74) is 1.46. The van der Waals surface area contributed by atoms with Gasteiger partial charge in [0.25, 0.3) is 0 Å². The van der Waals surface area contributed by atoms with Gasteiger partial charge in [0, 0.05) is 22.8 Å². The van der Waals surface area contributed by atoms with E-state index in [1.54, 1.807) is 4.90 Å². The summed E-state index contributed by atoms with van der Waals surface area (Å²) >= 11 is 6.80. The first kappa shape index (κ1) is 12.2. The van der Waals surface area contributed by atoms with E-state index in [0.717, 1.165) is 15.3 Å². The largest absolute Gasteiger partial charge is 0.423 e. The molecule has 1 aromatic carbocycles. The van der Waals surface area contributed by atoms with Crippen molar-refractivity contribution in [1.29, 1.82) is 0 Å². The van der Waals surface area contributed by atoms with Crippen LogP contribution in [0.5, 0.6) is 0 Å². The van der Waals surface area contributed by atoms with Gasteiger partial charge in [-0.2, -0.15) is 4.98 Å². The van der Waals surface area contributed by atoms with E-state index in [2.05, 4.69) is 36.8 Å². The molecule has 0 aliphatic carbocycles. The second-order valence-electron chi connectivity index (χ2n) is 4.34. The molecule has 3 rings (SSSR count). The fourth-order valence-corrected chi connectivity index (χ4v) is 2.85. The Bertz CT molecular complexity index is 611. The zero-order valence-corrected chi connectivity index (χ0v) is 12.6. The van der Waals surface area contributed by atoms with E-state index in [9.17, 15) is 4.79 Å². The lowest BCUT2D eigenvalue weighted by atomic mass is 10.2. The Kier molecular flexibility index (Phi) is 3.15. The van der Waals surface area contributed by atoms with Crippen LogP contribution in [0, 0.1) is 5.92 Å². The Morgan fingerprint density at radius 3 is 3.06 bits per heavy atom. The minimum absolute atomic E-state index is 0.0741. The highest BCUT2D eigenvalue weighted by Crippen LogP contribution is 2.29. The van der Waals surface area contributed by atoms with Crippen LogP contribution in [0.4, 0.5) is 6.01 Å². The zero-order chi connectivity index (χ0) is 12.7. The maximum absolute atomic E-state index is 11.9. The second kappa shape index (κ2) is 4.66. The highest BCUT2D eigenvalue weighted by molar-refractivity contribution is 9.10. The van der Waals surface area contributed by atoms with Crippen molar-refractivity contribution in [3.05, 3.63) is 22.7 Å². The Labute approximate surface area is 121 Å². The average Bonchev–Trinajstić information content (AvgIpc) is 2.91. The summed E-state index contributed by atoms with van der Waals surface area (Å²) in [6, 6.07) is 6.03. The van der Waals surface area contributed by atoms with Crippen LogP contribution in [0.2, 0.25) is 0 Å². The van der Waals surface area contributed by atoms with Crippen LogP contribution in [0.25, 0.3) is 11.1 Å². The van der Waals surface area contributed by atoms with Crippen LogP contribution in [-0.2, 0) is 4.79 Å². The number of carbonyl (C=O) groups excluding carboxylic acids is 1. The summed E-state index contributed by atoms with van der Waals surface area (Å²) in [5.74, 6) is 0.407. The second-order valence-corrected chi connectivity index (χ2v) is 5.90. The van der Waals surface area contributed by atoms with Gasteiger partial charge in [0.15, 0.2) is 5.58 Å². The van der Waals surface area contributed by atoms with Crippen LogP contribution >= 0.6 is 31.9 Å². The average molecular weight is 374 g/mol. The number of aromatic nitrogens is 1. The van der Waals surface area contributed by atoms with E-state index < -0.39 is 0 Å². The minimum atomic E-state index is 0.0741. The summed E-state index contributed by atoms with van der Waals surface area (Å²) in [4.78, 5) is 17.9. The fourth-order valence-electron chi connectivity index (χ4n) is 2.07. The molecule has 1 fully saturated rings. The topological polar surface area (TPSA) is 46.3 Å². The van der Waals surface area contributed by atoms with Crippen molar-refractivity contribution in [3.8, 4) is 0 Å². The molecule has 0 bridgehead atoms. The third-order valence-electron chi connectivity index (χ3n) is 2.99. The van der Waals surface area contributed by atoms with Gasteiger partial charge in [-0.3, -0.25) is 9.69 Å². The van der Waals surface area contributed by atoms with Gasteiger partial charge in [-0.25, -0.2) is 0 Å². The quantitative estimate of drug-likeness (QED) is 0.758. The molecule has 1 atom stereocenters. The smallest absolute Gasteiger partial charge is 0.305 e. The van der Waals surface area contributed by atoms with Gasteiger partial charge in [0.2, 0.25) is 5.91 Å². The monoisotopic (exact) mass is 372 g/mol. The molecule has 0 radical (unpaired) electrons. The number of fused-ring (bicyclic) bond motifs is 1. The maximum atomic E-state index is 11.9. The van der Waals surface area contributed by atoms with Crippen molar-refractivity contribution in [3.63, 3.8) is 0 Å². The van der Waals surface area contributed by atoms with Crippen LogP contribution in [0.1, 0.15) is 6.42 Å². The van der Waals surface area contributed by atoms with E-state index in [4.69, 9.17) is 4.42 Å². The minimum Gasteiger partial charge on any atom is -0.423 e. The first-order chi connectivity index (χ1) is 8.67. The molecule has 1 saturated heterocycles. The molecule has 6 heteroatoms. The van der Waals surface area contributed by atoms with E-state index in [1.807, 2.05) is 18.2 Å². The summed E-state index contributed by atoms with van der Waals surface area (Å²) in [5, 5.41) is 0.820. The molecule has 2 aromatic rings. The first-order valence-electron chi connectivity index (χ1n) is 5.60. The third kappa shape index (κ3) is 2.07. The molecule has 1 aromatic heterocycles. The van der Waals surface area contributed by atoms with Crippen molar-refractivity contribution in [2.24, 2.45) is 5.92 Å². The molecule has 1 aliphatic rings. The van der Waals surface area contributed by atoms with E-state index in [-0.39, 0.29) is 5.91 Å². The Morgan fingerprint density at radius 1 is 1.50 bits per heavy atom. The molecular weight excluding hydrogens is 364 g/mol. The first-order valence-corrected chi connectivity index (χ1v) is 7.51. The van der Waals surface area contributed by atoms with Gasteiger partial charge in [0.05, 0.1) is 0 Å². The number of hydrogen-bond acceptors (Lipinski definition) is 3. The van der Waals surface area contributed by atoms with Crippen LogP contribution < -0.4 is 4.90 Å². The molecular formula is C12H10Br2N2O2. The maximum Gasteiger partial charge on any atom is 0.305 e. The molecule has 0 spiro atoms. The predicted octanol–water partition coefficient (Wildman–Crippen LogP) is 3.34. The molecule has 18 heavy (non-hydrogen) atoms. The van der Waals surface area contributed by atoms with Gasteiger partial charge in [-0.15, -0.1) is 0 Å². The van der Waals surface area contributed by atoms with Crippen molar-refractivity contribution in [1.82, 2.24) is 4.98 Å². The van der Waals surface area contributed by atoms with Gasteiger partial charge >= 0.3 is 6.01 Å².